The Bertz CT molecular complexity index is 290. The number of rotatable bonds is 3. The summed E-state index contributed by atoms with van der Waals surface area (Å²) in [6.45, 7) is 3.94. The second-order valence-corrected chi connectivity index (χ2v) is 2.90. The Kier molecular flexibility index (Phi) is 11.9. The molecule has 0 heterocycles. The Morgan fingerprint density at radius 2 is 1.75 bits per heavy atom. The summed E-state index contributed by atoms with van der Waals surface area (Å²) in [4.78, 5) is 10.0. The summed E-state index contributed by atoms with van der Waals surface area (Å²) in [6, 6.07) is 9.10. The lowest BCUT2D eigenvalue weighted by Gasteiger charge is -1.89. The molecule has 0 saturated heterocycles. The molecule has 16 heavy (non-hydrogen) atoms. The molecule has 0 aliphatic carbocycles. The predicted octanol–water partition coefficient (Wildman–Crippen LogP) is 2.31. The predicted molar refractivity (Wildman–Crippen MR) is 65.2 cm³/mol. The molecule has 0 atom stereocenters. The molecule has 0 saturated carbocycles. The third kappa shape index (κ3) is 7.70. The lowest BCUT2D eigenvalue weighted by molar-refractivity contribution is 0.112. The first-order valence-corrected chi connectivity index (χ1v) is 4.98. The van der Waals surface area contributed by atoms with Gasteiger partial charge in [-0.3, -0.25) is 4.79 Å². The van der Waals surface area contributed by atoms with E-state index in [0.717, 1.165) is 30.4 Å². The van der Waals surface area contributed by atoms with Crippen molar-refractivity contribution < 1.29 is 15.5 Å². The van der Waals surface area contributed by atoms with Gasteiger partial charge >= 0.3 is 0 Å². The number of benzene rings is 1. The molecule has 1 aromatic carbocycles. The summed E-state index contributed by atoms with van der Waals surface area (Å²) in [5.74, 6) is 0. The summed E-state index contributed by atoms with van der Waals surface area (Å²) in [7, 11) is 0. The summed E-state index contributed by atoms with van der Waals surface area (Å²) in [6.07, 6.45) is 2.54. The second-order valence-electron chi connectivity index (χ2n) is 2.90. The maximum absolute atomic E-state index is 10.0. The molecule has 0 unspecified atom stereocenters. The quantitative estimate of drug-likeness (QED) is 0.370. The first-order chi connectivity index (χ1) is 7.28. The lowest BCUT2D eigenvalue weighted by Crippen LogP contribution is -1.90. The van der Waals surface area contributed by atoms with Crippen molar-refractivity contribution in [2.45, 2.75) is 26.7 Å². The van der Waals surface area contributed by atoms with Gasteiger partial charge in [0, 0.05) is 5.56 Å². The topological polar surface area (TPSA) is 81.2 Å². The van der Waals surface area contributed by atoms with Gasteiger partial charge in [-0.15, -0.1) is 0 Å². The summed E-state index contributed by atoms with van der Waals surface area (Å²) in [5.41, 5.74) is 1.59. The van der Waals surface area contributed by atoms with Gasteiger partial charge in [-0.2, -0.15) is 0 Å². The molecule has 0 radical (unpaired) electrons. The van der Waals surface area contributed by atoms with Gasteiger partial charge in [0.1, 0.15) is 6.29 Å². The monoisotopic (exact) mass is 225 g/mol. The van der Waals surface area contributed by atoms with Gasteiger partial charge in [0.2, 0.25) is 0 Å². The Morgan fingerprint density at radius 3 is 1.94 bits per heavy atom. The minimum Gasteiger partial charge on any atom is -0.412 e. The van der Waals surface area contributed by atoms with Crippen molar-refractivity contribution in [1.82, 2.24) is 0 Å². The van der Waals surface area contributed by atoms with Crippen LogP contribution in [0.4, 0.5) is 0 Å². The Labute approximate surface area is 95.9 Å². The number of oxime groups is 1. The van der Waals surface area contributed by atoms with E-state index < -0.39 is 0 Å². The average molecular weight is 225 g/mol. The van der Waals surface area contributed by atoms with E-state index >= 15 is 0 Å². The zero-order chi connectivity index (χ0) is 11.5. The van der Waals surface area contributed by atoms with Crippen molar-refractivity contribution >= 4 is 12.0 Å². The highest BCUT2D eigenvalue weighted by molar-refractivity contribution is 5.83. The zero-order valence-electron chi connectivity index (χ0n) is 9.68. The van der Waals surface area contributed by atoms with Gasteiger partial charge in [0.05, 0.1) is 5.71 Å². The van der Waals surface area contributed by atoms with Gasteiger partial charge in [-0.1, -0.05) is 49.3 Å². The van der Waals surface area contributed by atoms with Crippen molar-refractivity contribution in [3.63, 3.8) is 0 Å². The number of carbonyl (C=O) groups is 1. The first-order valence-electron chi connectivity index (χ1n) is 4.98. The highest BCUT2D eigenvalue weighted by Crippen LogP contribution is 1.91. The van der Waals surface area contributed by atoms with Crippen molar-refractivity contribution in [3.05, 3.63) is 35.9 Å². The Morgan fingerprint density at radius 1 is 1.25 bits per heavy atom. The van der Waals surface area contributed by atoms with Crippen LogP contribution in [-0.2, 0) is 0 Å². The molecule has 0 bridgehead atoms. The van der Waals surface area contributed by atoms with Gasteiger partial charge in [-0.25, -0.2) is 0 Å². The molecule has 0 fully saturated rings. The van der Waals surface area contributed by atoms with E-state index in [-0.39, 0.29) is 5.48 Å². The normalized spacial score (nSPS) is 7.88. The van der Waals surface area contributed by atoms with Crippen LogP contribution in [0.2, 0.25) is 0 Å². The molecule has 0 aliphatic rings. The van der Waals surface area contributed by atoms with Crippen LogP contribution < -0.4 is 0 Å². The van der Waals surface area contributed by atoms with Crippen LogP contribution >= 0.6 is 0 Å². The SMILES string of the molecule is CCC(CC)=NO.O.O=Cc1ccccc1. The van der Waals surface area contributed by atoms with E-state index in [9.17, 15) is 4.79 Å². The van der Waals surface area contributed by atoms with Crippen molar-refractivity contribution in [2.75, 3.05) is 0 Å². The molecular weight excluding hydrogens is 206 g/mol. The molecule has 0 spiro atoms. The molecular formula is C12H19NO3. The largest absolute Gasteiger partial charge is 0.412 e. The van der Waals surface area contributed by atoms with E-state index in [1.54, 1.807) is 12.1 Å². The fourth-order valence-corrected chi connectivity index (χ4v) is 0.923. The average Bonchev–Trinajstić information content (AvgIpc) is 2.33. The number of aldehydes is 1. The smallest absolute Gasteiger partial charge is 0.150 e. The van der Waals surface area contributed by atoms with Crippen LogP contribution in [0.25, 0.3) is 0 Å². The van der Waals surface area contributed by atoms with E-state index in [4.69, 9.17) is 5.21 Å². The van der Waals surface area contributed by atoms with Gasteiger partial charge in [0.25, 0.3) is 0 Å². The Balaban J connectivity index is 0. The van der Waals surface area contributed by atoms with Gasteiger partial charge in [-0.05, 0) is 12.8 Å². The van der Waals surface area contributed by atoms with E-state index in [1.807, 2.05) is 32.0 Å². The molecule has 90 valence electrons. The minimum atomic E-state index is 0. The second kappa shape index (κ2) is 11.4. The van der Waals surface area contributed by atoms with E-state index in [0.29, 0.717) is 0 Å². The highest BCUT2D eigenvalue weighted by atomic mass is 16.4. The maximum atomic E-state index is 10.0. The van der Waals surface area contributed by atoms with Crippen molar-refractivity contribution in [2.24, 2.45) is 5.16 Å². The summed E-state index contributed by atoms with van der Waals surface area (Å²) < 4.78 is 0. The van der Waals surface area contributed by atoms with E-state index in [2.05, 4.69) is 5.16 Å². The van der Waals surface area contributed by atoms with E-state index in [1.165, 1.54) is 0 Å². The number of carbonyl (C=O) groups excluding carboxylic acids is 1. The van der Waals surface area contributed by atoms with Gasteiger partial charge < -0.3 is 10.7 Å². The van der Waals surface area contributed by atoms with Crippen LogP contribution in [0.1, 0.15) is 37.0 Å². The molecule has 0 aromatic heterocycles. The molecule has 0 amide bonds. The fourth-order valence-electron chi connectivity index (χ4n) is 0.923. The molecule has 1 rings (SSSR count). The fraction of sp³-hybridized carbons (Fsp3) is 0.333. The van der Waals surface area contributed by atoms with Crippen LogP contribution in [0.15, 0.2) is 35.5 Å². The van der Waals surface area contributed by atoms with Crippen molar-refractivity contribution in [1.29, 1.82) is 0 Å². The summed E-state index contributed by atoms with van der Waals surface area (Å²) >= 11 is 0. The zero-order valence-corrected chi connectivity index (χ0v) is 9.68. The first kappa shape index (κ1) is 16.7. The number of nitrogens with zero attached hydrogens (tertiary/aromatic N) is 1. The van der Waals surface area contributed by atoms with Crippen LogP contribution in [0, 0.1) is 0 Å². The maximum Gasteiger partial charge on any atom is 0.150 e. The van der Waals surface area contributed by atoms with Gasteiger partial charge in [0.15, 0.2) is 0 Å². The Hall–Kier alpha value is -1.68. The molecule has 3 N–H and O–H groups in total. The number of hydrogen-bond donors (Lipinski definition) is 1. The highest BCUT2D eigenvalue weighted by Gasteiger charge is 1.86. The molecule has 4 heteroatoms. The molecule has 0 aliphatic heterocycles. The van der Waals surface area contributed by atoms with Crippen LogP contribution in [0.5, 0.6) is 0 Å². The standard InChI is InChI=1S/C7H6O.C5H11NO.H2O/c8-6-7-4-2-1-3-5-7;1-3-5(4-2)6-7;/h1-6H;7H,3-4H2,1-2H3;1H2. The molecule has 1 aromatic rings. The lowest BCUT2D eigenvalue weighted by atomic mass is 10.2. The summed E-state index contributed by atoms with van der Waals surface area (Å²) in [5, 5.41) is 11.2. The van der Waals surface area contributed by atoms with Crippen LogP contribution in [0.3, 0.4) is 0 Å². The van der Waals surface area contributed by atoms with Crippen molar-refractivity contribution in [3.8, 4) is 0 Å². The van der Waals surface area contributed by atoms with Crippen LogP contribution in [-0.4, -0.2) is 22.7 Å². The number of hydrogen-bond acceptors (Lipinski definition) is 3. The molecule has 4 nitrogen and oxygen atoms in total. The third-order valence-electron chi connectivity index (χ3n) is 1.89. The minimum absolute atomic E-state index is 0. The third-order valence-corrected chi connectivity index (χ3v) is 1.89.